The van der Waals surface area contributed by atoms with Crippen LogP contribution in [0.25, 0.3) is 0 Å². The Morgan fingerprint density at radius 2 is 1.67 bits per heavy atom. The van der Waals surface area contributed by atoms with Gasteiger partial charge in [0.2, 0.25) is 0 Å². The highest BCUT2D eigenvalue weighted by Crippen LogP contribution is 2.08. The molecule has 38 valence electrons. The van der Waals surface area contributed by atoms with Crippen LogP contribution in [0.2, 0.25) is 0 Å². The number of hydrogen-bond donors (Lipinski definition) is 0. The van der Waals surface area contributed by atoms with Crippen molar-refractivity contribution in [2.75, 3.05) is 0 Å². The lowest BCUT2D eigenvalue weighted by Gasteiger charge is -1.53. The van der Waals surface area contributed by atoms with E-state index in [9.17, 15) is 0 Å². The van der Waals surface area contributed by atoms with Crippen molar-refractivity contribution in [3.63, 3.8) is 0 Å². The lowest BCUT2D eigenvalue weighted by molar-refractivity contribution is 0.503. The van der Waals surface area contributed by atoms with Crippen molar-refractivity contribution in [3.8, 4) is 0 Å². The Balaban J connectivity index is 0. The van der Waals surface area contributed by atoms with Gasteiger partial charge in [-0.3, -0.25) is 0 Å². The Morgan fingerprint density at radius 1 is 1.50 bits per heavy atom. The molecule has 0 aliphatic carbocycles. The zero-order valence-electron chi connectivity index (χ0n) is 3.30. The smallest absolute Gasteiger partial charge is 0.135 e. The predicted octanol–water partition coefficient (Wildman–Crippen LogP) is 1.72. The van der Waals surface area contributed by atoms with Crippen LogP contribution in [0.1, 0.15) is 6.92 Å². The minimum absolute atomic E-state index is 0. The van der Waals surface area contributed by atoms with Gasteiger partial charge in [0.1, 0.15) is 12.0 Å². The second-order valence-electron chi connectivity index (χ2n) is 0.846. The number of hydrogen-bond acceptors (Lipinski definition) is 1. The van der Waals surface area contributed by atoms with E-state index < -0.39 is 0 Å². The lowest BCUT2D eigenvalue weighted by atomic mass is 10.8. The third-order valence-corrected chi connectivity index (χ3v) is 0.354. The van der Waals surface area contributed by atoms with Crippen molar-refractivity contribution >= 4 is 24.8 Å². The zero-order valence-corrected chi connectivity index (χ0v) is 4.94. The third-order valence-electron chi connectivity index (χ3n) is 0.354. The summed E-state index contributed by atoms with van der Waals surface area (Å²) < 4.78 is 4.50. The molecule has 1 rings (SSSR count). The van der Waals surface area contributed by atoms with Crippen LogP contribution in [-0.2, 0) is 4.74 Å². The van der Waals surface area contributed by atoms with Crippen LogP contribution >= 0.6 is 24.8 Å². The van der Waals surface area contributed by atoms with Gasteiger partial charge in [0.05, 0.1) is 0 Å². The average Bonchev–Trinajstić information content (AvgIpc) is 1.75. The molecule has 1 heterocycles. The molecule has 0 saturated carbocycles. The Kier molecular flexibility index (Phi) is 5.22. The average molecular weight is 129 g/mol. The molecule has 0 radical (unpaired) electrons. The molecule has 0 spiro atoms. The first-order valence-electron chi connectivity index (χ1n) is 1.23. The van der Waals surface area contributed by atoms with Gasteiger partial charge in [-0.1, -0.05) is 0 Å². The molecule has 0 aromatic carbocycles. The molecular formula is C3H6Cl2O. The second-order valence-corrected chi connectivity index (χ2v) is 0.846. The molecule has 0 aromatic rings. The summed E-state index contributed by atoms with van der Waals surface area (Å²) in [5, 5.41) is 0. The highest BCUT2D eigenvalue weighted by atomic mass is 35.5. The van der Waals surface area contributed by atoms with Gasteiger partial charge in [-0.25, -0.2) is 0 Å². The van der Waals surface area contributed by atoms with Crippen molar-refractivity contribution in [1.29, 1.82) is 0 Å². The zero-order chi connectivity index (χ0) is 2.99. The maximum atomic E-state index is 4.50. The number of allylic oxidation sites excluding steroid dienone is 1. The summed E-state index contributed by atoms with van der Waals surface area (Å²) >= 11 is 0. The Hall–Kier alpha value is 0.120. The molecule has 3 heteroatoms. The highest BCUT2D eigenvalue weighted by Gasteiger charge is 1.95. The van der Waals surface area contributed by atoms with Crippen molar-refractivity contribution in [2.24, 2.45) is 0 Å². The molecule has 1 aliphatic heterocycles. The maximum Gasteiger partial charge on any atom is 0.135 e. The van der Waals surface area contributed by atoms with Gasteiger partial charge in [-0.2, -0.15) is 0 Å². The maximum absolute atomic E-state index is 4.50. The van der Waals surface area contributed by atoms with E-state index in [1.54, 1.807) is 6.26 Å². The molecule has 0 unspecified atom stereocenters. The molecule has 0 N–H and O–H groups in total. The van der Waals surface area contributed by atoms with Gasteiger partial charge in [0, 0.05) is 0 Å². The number of ether oxygens (including phenoxy) is 1. The molecule has 6 heavy (non-hydrogen) atoms. The van der Waals surface area contributed by atoms with E-state index in [0.29, 0.717) is 0 Å². The lowest BCUT2D eigenvalue weighted by Crippen LogP contribution is -1.33. The van der Waals surface area contributed by atoms with E-state index in [4.69, 9.17) is 0 Å². The minimum Gasteiger partial charge on any atom is -0.463 e. The number of halogens is 2. The van der Waals surface area contributed by atoms with Crippen molar-refractivity contribution in [2.45, 2.75) is 6.92 Å². The first-order valence-corrected chi connectivity index (χ1v) is 1.23. The summed E-state index contributed by atoms with van der Waals surface area (Å²) in [6, 6.07) is 0. The van der Waals surface area contributed by atoms with Crippen LogP contribution in [0.3, 0.4) is 0 Å². The van der Waals surface area contributed by atoms with Crippen molar-refractivity contribution < 1.29 is 4.74 Å². The van der Waals surface area contributed by atoms with E-state index >= 15 is 0 Å². The van der Waals surface area contributed by atoms with Crippen LogP contribution in [-0.4, -0.2) is 0 Å². The summed E-state index contributed by atoms with van der Waals surface area (Å²) in [4.78, 5) is 0. The fourth-order valence-corrected chi connectivity index (χ4v) is 0.0589. The van der Waals surface area contributed by atoms with Crippen molar-refractivity contribution in [1.82, 2.24) is 0 Å². The highest BCUT2D eigenvalue weighted by molar-refractivity contribution is 5.85. The first kappa shape index (κ1) is 9.45. The molecular weight excluding hydrogens is 123 g/mol. The number of rotatable bonds is 0. The van der Waals surface area contributed by atoms with Crippen LogP contribution in [0, 0.1) is 0 Å². The molecule has 1 aliphatic rings. The SMILES string of the molecule is CC1=CO1.Cl.Cl. The van der Waals surface area contributed by atoms with Crippen LogP contribution < -0.4 is 0 Å². The molecule has 0 saturated heterocycles. The first-order chi connectivity index (χ1) is 1.89. The van der Waals surface area contributed by atoms with Crippen LogP contribution in [0.4, 0.5) is 0 Å². The summed E-state index contributed by atoms with van der Waals surface area (Å²) in [7, 11) is 0. The van der Waals surface area contributed by atoms with Crippen molar-refractivity contribution in [3.05, 3.63) is 12.0 Å². The fraction of sp³-hybridized carbons (Fsp3) is 0.333. The predicted molar refractivity (Wildman–Crippen MR) is 29.3 cm³/mol. The van der Waals surface area contributed by atoms with Gasteiger partial charge >= 0.3 is 0 Å². The largest absolute Gasteiger partial charge is 0.463 e. The molecule has 1 nitrogen and oxygen atoms in total. The molecule has 0 bridgehead atoms. The van der Waals surface area contributed by atoms with Gasteiger partial charge in [-0.05, 0) is 6.92 Å². The quantitative estimate of drug-likeness (QED) is 0.485. The Labute approximate surface area is 49.2 Å². The van der Waals surface area contributed by atoms with E-state index in [0.717, 1.165) is 5.76 Å². The Morgan fingerprint density at radius 3 is 1.67 bits per heavy atom. The van der Waals surface area contributed by atoms with Gasteiger partial charge < -0.3 is 4.74 Å². The Bertz CT molecular complexity index is 59.8. The summed E-state index contributed by atoms with van der Waals surface area (Å²) in [5.41, 5.74) is 0. The summed E-state index contributed by atoms with van der Waals surface area (Å²) in [6.07, 6.45) is 1.71. The van der Waals surface area contributed by atoms with Crippen LogP contribution in [0.15, 0.2) is 12.0 Å². The van der Waals surface area contributed by atoms with Gasteiger partial charge in [0.25, 0.3) is 0 Å². The topological polar surface area (TPSA) is 12.5 Å². The van der Waals surface area contributed by atoms with Crippen LogP contribution in [0.5, 0.6) is 0 Å². The summed E-state index contributed by atoms with van der Waals surface area (Å²) in [6.45, 7) is 1.92. The van der Waals surface area contributed by atoms with Gasteiger partial charge in [-0.15, -0.1) is 24.8 Å². The fourth-order valence-electron chi connectivity index (χ4n) is 0.0589. The second kappa shape index (κ2) is 3.32. The van der Waals surface area contributed by atoms with E-state index in [2.05, 4.69) is 4.74 Å². The standard InChI is InChI=1S/C3H4O.2ClH/c1-3-2-4-3;;/h2H,1H3;2*1H. The molecule has 0 aromatic heterocycles. The normalized spacial score (nSPS) is 11.8. The molecule has 0 atom stereocenters. The molecule has 0 fully saturated rings. The minimum atomic E-state index is 0. The van der Waals surface area contributed by atoms with E-state index in [1.165, 1.54) is 0 Å². The summed E-state index contributed by atoms with van der Waals surface area (Å²) in [5.74, 6) is 1.04. The van der Waals surface area contributed by atoms with Gasteiger partial charge in [0.15, 0.2) is 0 Å². The van der Waals surface area contributed by atoms with E-state index in [-0.39, 0.29) is 24.8 Å². The molecule has 0 amide bonds. The third kappa shape index (κ3) is 4.12. The van der Waals surface area contributed by atoms with E-state index in [1.807, 2.05) is 6.92 Å². The monoisotopic (exact) mass is 128 g/mol.